The van der Waals surface area contributed by atoms with Crippen LogP contribution in [0.2, 0.25) is 5.02 Å². The van der Waals surface area contributed by atoms with Crippen molar-refractivity contribution in [3.8, 4) is 5.69 Å². The summed E-state index contributed by atoms with van der Waals surface area (Å²) in [7, 11) is 0. The smallest absolute Gasteiger partial charge is 0.228 e. The van der Waals surface area contributed by atoms with Crippen molar-refractivity contribution in [1.82, 2.24) is 9.78 Å². The molecule has 0 bridgehead atoms. The molecule has 1 aromatic carbocycles. The van der Waals surface area contributed by atoms with Gasteiger partial charge in [-0.25, -0.2) is 4.68 Å². The molecular formula is C11H8ClF3N2S. The zero-order chi connectivity index (χ0) is 13.3. The lowest BCUT2D eigenvalue weighted by Gasteiger charge is -2.12. The van der Waals surface area contributed by atoms with Gasteiger partial charge in [-0.05, 0) is 24.3 Å². The van der Waals surface area contributed by atoms with Gasteiger partial charge in [-0.15, -0.1) is 0 Å². The number of halogens is 4. The van der Waals surface area contributed by atoms with Gasteiger partial charge in [0.2, 0.25) is 0 Å². The Labute approximate surface area is 112 Å². The van der Waals surface area contributed by atoms with E-state index in [0.29, 0.717) is 10.7 Å². The minimum Gasteiger partial charge on any atom is -0.228 e. The lowest BCUT2D eigenvalue weighted by Crippen LogP contribution is -2.15. The Morgan fingerprint density at radius 1 is 1.22 bits per heavy atom. The van der Waals surface area contributed by atoms with E-state index >= 15 is 0 Å². The number of nitrogens with zero attached hydrogens (tertiary/aromatic N) is 2. The van der Waals surface area contributed by atoms with Crippen molar-refractivity contribution in [2.45, 2.75) is 11.9 Å². The summed E-state index contributed by atoms with van der Waals surface area (Å²) in [5, 5.41) is 4.21. The molecule has 18 heavy (non-hydrogen) atoms. The van der Waals surface area contributed by atoms with Gasteiger partial charge < -0.3 is 0 Å². The molecule has 0 amide bonds. The molecule has 7 heteroatoms. The summed E-state index contributed by atoms with van der Waals surface area (Å²) in [5.41, 5.74) is -0.458. The second-order valence-corrected chi connectivity index (χ2v) is 4.32. The van der Waals surface area contributed by atoms with Crippen LogP contribution in [0.4, 0.5) is 13.2 Å². The van der Waals surface area contributed by atoms with Gasteiger partial charge >= 0.3 is 6.18 Å². The molecule has 0 unspecified atom stereocenters. The topological polar surface area (TPSA) is 17.8 Å². The number of hydrogen-bond donors (Lipinski definition) is 1. The summed E-state index contributed by atoms with van der Waals surface area (Å²) in [4.78, 5) is 0. The van der Waals surface area contributed by atoms with Gasteiger partial charge in [0, 0.05) is 16.3 Å². The van der Waals surface area contributed by atoms with Crippen LogP contribution in [-0.2, 0) is 11.9 Å². The van der Waals surface area contributed by atoms with Crippen LogP contribution in [0.15, 0.2) is 30.5 Å². The van der Waals surface area contributed by atoms with Crippen molar-refractivity contribution in [3.63, 3.8) is 0 Å². The average molecular weight is 293 g/mol. The molecule has 0 fully saturated rings. The molecule has 0 aliphatic rings. The summed E-state index contributed by atoms with van der Waals surface area (Å²) in [6.07, 6.45) is -3.31. The fourth-order valence-corrected chi connectivity index (χ4v) is 1.94. The van der Waals surface area contributed by atoms with Gasteiger partial charge in [0.1, 0.15) is 0 Å². The number of thiol groups is 1. The van der Waals surface area contributed by atoms with Crippen LogP contribution < -0.4 is 0 Å². The van der Waals surface area contributed by atoms with Crippen LogP contribution in [0.25, 0.3) is 5.69 Å². The molecule has 2 nitrogen and oxygen atoms in total. The van der Waals surface area contributed by atoms with Crippen LogP contribution in [0.3, 0.4) is 0 Å². The molecule has 0 saturated heterocycles. The maximum atomic E-state index is 13.0. The van der Waals surface area contributed by atoms with Gasteiger partial charge in [0.25, 0.3) is 0 Å². The molecule has 0 radical (unpaired) electrons. The SMILES string of the molecule is FC(F)(F)c1c(CS)cnn1-c1ccc(Cl)cc1. The zero-order valence-electron chi connectivity index (χ0n) is 8.95. The quantitative estimate of drug-likeness (QED) is 0.829. The van der Waals surface area contributed by atoms with Gasteiger partial charge in [-0.2, -0.15) is 30.9 Å². The van der Waals surface area contributed by atoms with Crippen LogP contribution in [0, 0.1) is 0 Å². The number of hydrogen-bond acceptors (Lipinski definition) is 2. The molecule has 1 heterocycles. The van der Waals surface area contributed by atoms with Crippen molar-refractivity contribution in [2.24, 2.45) is 0 Å². The summed E-state index contributed by atoms with van der Waals surface area (Å²) in [6.45, 7) is 0. The molecule has 0 aliphatic carbocycles. The Hall–Kier alpha value is -1.14. The van der Waals surface area contributed by atoms with Crippen LogP contribution in [-0.4, -0.2) is 9.78 Å². The van der Waals surface area contributed by atoms with Crippen molar-refractivity contribution in [3.05, 3.63) is 46.7 Å². The average Bonchev–Trinajstić information content (AvgIpc) is 2.73. The zero-order valence-corrected chi connectivity index (χ0v) is 10.6. The first-order valence-corrected chi connectivity index (χ1v) is 5.95. The molecule has 1 aromatic heterocycles. The highest BCUT2D eigenvalue weighted by Gasteiger charge is 2.38. The fourth-order valence-electron chi connectivity index (χ4n) is 1.58. The first-order chi connectivity index (χ1) is 8.43. The number of rotatable bonds is 2. The Bertz CT molecular complexity index is 548. The van der Waals surface area contributed by atoms with E-state index in [1.54, 1.807) is 0 Å². The minimum absolute atomic E-state index is 0.0254. The lowest BCUT2D eigenvalue weighted by molar-refractivity contribution is -0.143. The third-order valence-corrected chi connectivity index (χ3v) is 2.95. The van der Waals surface area contributed by atoms with E-state index in [4.69, 9.17) is 11.6 Å². The van der Waals surface area contributed by atoms with E-state index in [2.05, 4.69) is 17.7 Å². The van der Waals surface area contributed by atoms with Crippen molar-refractivity contribution in [1.29, 1.82) is 0 Å². The molecule has 2 rings (SSSR count). The highest BCUT2D eigenvalue weighted by molar-refractivity contribution is 7.79. The molecule has 96 valence electrons. The van der Waals surface area contributed by atoms with Gasteiger partial charge in [-0.3, -0.25) is 0 Å². The monoisotopic (exact) mass is 292 g/mol. The summed E-state index contributed by atoms with van der Waals surface area (Å²) < 4.78 is 39.8. The second kappa shape index (κ2) is 4.85. The molecule has 2 aromatic rings. The Morgan fingerprint density at radius 2 is 1.83 bits per heavy atom. The maximum absolute atomic E-state index is 13.0. The molecule has 0 aliphatic heterocycles. The van der Waals surface area contributed by atoms with Crippen LogP contribution in [0.5, 0.6) is 0 Å². The van der Waals surface area contributed by atoms with Crippen LogP contribution in [0.1, 0.15) is 11.3 Å². The highest BCUT2D eigenvalue weighted by atomic mass is 35.5. The molecule has 0 saturated carbocycles. The number of benzene rings is 1. The summed E-state index contributed by atoms with van der Waals surface area (Å²) in [6, 6.07) is 5.98. The first-order valence-electron chi connectivity index (χ1n) is 4.94. The molecule has 0 spiro atoms. The Balaban J connectivity index is 2.58. The number of alkyl halides is 3. The predicted octanol–water partition coefficient (Wildman–Crippen LogP) is 3.97. The standard InChI is InChI=1S/C11H8ClF3N2S/c12-8-1-3-9(4-2-8)17-10(11(13,14)15)7(6-18)5-16-17/h1-5,18H,6H2. The third kappa shape index (κ3) is 2.49. The van der Waals surface area contributed by atoms with E-state index < -0.39 is 11.9 Å². The van der Waals surface area contributed by atoms with E-state index in [9.17, 15) is 13.2 Å². The maximum Gasteiger partial charge on any atom is 0.433 e. The fraction of sp³-hybridized carbons (Fsp3) is 0.182. The predicted molar refractivity (Wildman–Crippen MR) is 66.3 cm³/mol. The largest absolute Gasteiger partial charge is 0.433 e. The van der Waals surface area contributed by atoms with E-state index in [1.807, 2.05) is 0 Å². The third-order valence-electron chi connectivity index (χ3n) is 2.36. The van der Waals surface area contributed by atoms with Crippen molar-refractivity contribution >= 4 is 24.2 Å². The van der Waals surface area contributed by atoms with E-state index in [0.717, 1.165) is 4.68 Å². The van der Waals surface area contributed by atoms with Gasteiger partial charge in [-0.1, -0.05) is 11.6 Å². The molecular weight excluding hydrogens is 285 g/mol. The number of aromatic nitrogens is 2. The van der Waals surface area contributed by atoms with E-state index in [-0.39, 0.29) is 11.3 Å². The van der Waals surface area contributed by atoms with Gasteiger partial charge in [0.15, 0.2) is 5.69 Å². The van der Waals surface area contributed by atoms with E-state index in [1.165, 1.54) is 30.5 Å². The normalized spacial score (nSPS) is 11.8. The second-order valence-electron chi connectivity index (χ2n) is 3.56. The molecule has 0 N–H and O–H groups in total. The van der Waals surface area contributed by atoms with Gasteiger partial charge in [0.05, 0.1) is 11.9 Å². The summed E-state index contributed by atoms with van der Waals surface area (Å²) in [5.74, 6) is -0.0254. The lowest BCUT2D eigenvalue weighted by atomic mass is 10.2. The Morgan fingerprint density at radius 3 is 2.33 bits per heavy atom. The van der Waals surface area contributed by atoms with Crippen molar-refractivity contribution < 1.29 is 13.2 Å². The summed E-state index contributed by atoms with van der Waals surface area (Å²) >= 11 is 9.58. The van der Waals surface area contributed by atoms with Crippen LogP contribution >= 0.6 is 24.2 Å². The van der Waals surface area contributed by atoms with Crippen molar-refractivity contribution in [2.75, 3.05) is 0 Å². The highest BCUT2D eigenvalue weighted by Crippen LogP contribution is 2.34. The Kier molecular flexibility index (Phi) is 3.59. The minimum atomic E-state index is -4.48. The molecule has 0 atom stereocenters. The first kappa shape index (κ1) is 13.3.